The van der Waals surface area contributed by atoms with E-state index in [9.17, 15) is 12.8 Å². The molecule has 0 aliphatic rings. The van der Waals surface area contributed by atoms with Crippen molar-refractivity contribution in [1.29, 1.82) is 0 Å². The first kappa shape index (κ1) is 24.0. The molecule has 0 saturated heterocycles. The standard InChI is InChI=1S/C25H21FN4O4S2/c1-33-8-9-34-23-11-20-22(12-21(23)26)28-25(29-24(20)17-7-10-35-15-17)30-14-18(13-27-30)16-3-5-19(6-4-16)36(2,31)32/h3-7,10-15H,8-9H2,1-2H3. The van der Waals surface area contributed by atoms with Crippen LogP contribution in [0.3, 0.4) is 0 Å². The molecule has 0 radical (unpaired) electrons. The fourth-order valence-corrected chi connectivity index (χ4v) is 4.93. The third-order valence-electron chi connectivity index (χ3n) is 5.48. The van der Waals surface area contributed by atoms with E-state index in [1.165, 1.54) is 28.3 Å². The number of benzene rings is 2. The first-order valence-electron chi connectivity index (χ1n) is 10.8. The van der Waals surface area contributed by atoms with Crippen LogP contribution in [0.1, 0.15) is 0 Å². The molecule has 11 heteroatoms. The van der Waals surface area contributed by atoms with E-state index in [2.05, 4.69) is 10.1 Å². The highest BCUT2D eigenvalue weighted by Gasteiger charge is 2.17. The molecular formula is C25H21FN4O4S2. The monoisotopic (exact) mass is 524 g/mol. The van der Waals surface area contributed by atoms with Crippen molar-refractivity contribution in [2.75, 3.05) is 26.6 Å². The van der Waals surface area contributed by atoms with E-state index in [1.54, 1.807) is 49.8 Å². The molecule has 0 bridgehead atoms. The van der Waals surface area contributed by atoms with Gasteiger partial charge >= 0.3 is 0 Å². The fourth-order valence-electron chi connectivity index (χ4n) is 3.66. The first-order chi connectivity index (χ1) is 17.3. The maximum atomic E-state index is 14.8. The van der Waals surface area contributed by atoms with Gasteiger partial charge in [0.2, 0.25) is 0 Å². The summed E-state index contributed by atoms with van der Waals surface area (Å²) in [5.41, 5.74) is 3.45. The smallest absolute Gasteiger partial charge is 0.251 e. The number of aromatic nitrogens is 4. The molecule has 0 atom stereocenters. The second-order valence-corrected chi connectivity index (χ2v) is 10.8. The second-order valence-electron chi connectivity index (χ2n) is 8.00. The molecular weight excluding hydrogens is 503 g/mol. The van der Waals surface area contributed by atoms with Crippen LogP contribution in [0.2, 0.25) is 0 Å². The van der Waals surface area contributed by atoms with Crippen LogP contribution in [-0.4, -0.2) is 54.7 Å². The summed E-state index contributed by atoms with van der Waals surface area (Å²) in [5.74, 6) is -0.159. The summed E-state index contributed by atoms with van der Waals surface area (Å²) in [7, 11) is -1.73. The Hall–Kier alpha value is -3.67. The molecule has 36 heavy (non-hydrogen) atoms. The van der Waals surface area contributed by atoms with Gasteiger partial charge in [0.15, 0.2) is 21.4 Å². The quantitative estimate of drug-likeness (QED) is 0.270. The fraction of sp³-hybridized carbons (Fsp3) is 0.160. The van der Waals surface area contributed by atoms with Gasteiger partial charge in [0.1, 0.15) is 6.61 Å². The predicted octanol–water partition coefficient (Wildman–Crippen LogP) is 4.78. The normalized spacial score (nSPS) is 11.8. The highest BCUT2D eigenvalue weighted by atomic mass is 32.2. The lowest BCUT2D eigenvalue weighted by molar-refractivity contribution is 0.144. The molecule has 2 aromatic carbocycles. The van der Waals surface area contributed by atoms with Crippen molar-refractivity contribution in [1.82, 2.24) is 19.7 Å². The summed E-state index contributed by atoms with van der Waals surface area (Å²) in [6.07, 6.45) is 4.55. The molecule has 0 unspecified atom stereocenters. The molecule has 5 rings (SSSR count). The van der Waals surface area contributed by atoms with Crippen molar-refractivity contribution in [3.05, 3.63) is 71.4 Å². The Kier molecular flexibility index (Phi) is 6.52. The van der Waals surface area contributed by atoms with Gasteiger partial charge in [-0.2, -0.15) is 16.4 Å². The zero-order valence-corrected chi connectivity index (χ0v) is 21.0. The number of nitrogens with zero attached hydrogens (tertiary/aromatic N) is 4. The van der Waals surface area contributed by atoms with Gasteiger partial charge in [-0.25, -0.2) is 27.5 Å². The minimum Gasteiger partial charge on any atom is -0.488 e. The third-order valence-corrected chi connectivity index (χ3v) is 7.29. The molecule has 8 nitrogen and oxygen atoms in total. The molecule has 3 aromatic heterocycles. The Balaban J connectivity index is 1.57. The minimum atomic E-state index is -3.29. The summed E-state index contributed by atoms with van der Waals surface area (Å²) in [4.78, 5) is 9.55. The Labute approximate surface area is 210 Å². The molecule has 0 spiro atoms. The van der Waals surface area contributed by atoms with Gasteiger partial charge in [-0.3, -0.25) is 0 Å². The van der Waals surface area contributed by atoms with Gasteiger partial charge in [-0.1, -0.05) is 12.1 Å². The van der Waals surface area contributed by atoms with Crippen LogP contribution in [0.15, 0.2) is 70.5 Å². The van der Waals surface area contributed by atoms with Gasteiger partial charge in [0.25, 0.3) is 5.95 Å². The van der Waals surface area contributed by atoms with E-state index in [0.29, 0.717) is 23.2 Å². The number of sulfone groups is 1. The Morgan fingerprint density at radius 1 is 1.03 bits per heavy atom. The lowest BCUT2D eigenvalue weighted by Crippen LogP contribution is -2.07. The van der Waals surface area contributed by atoms with Crippen molar-refractivity contribution in [2.45, 2.75) is 4.90 Å². The number of fused-ring (bicyclic) bond motifs is 1. The van der Waals surface area contributed by atoms with Crippen LogP contribution in [0, 0.1) is 5.82 Å². The molecule has 0 N–H and O–H groups in total. The van der Waals surface area contributed by atoms with Crippen LogP contribution < -0.4 is 4.74 Å². The van der Waals surface area contributed by atoms with Crippen molar-refractivity contribution >= 4 is 32.1 Å². The number of hydrogen-bond donors (Lipinski definition) is 0. The highest BCUT2D eigenvalue weighted by Crippen LogP contribution is 2.33. The highest BCUT2D eigenvalue weighted by molar-refractivity contribution is 7.90. The number of halogens is 1. The predicted molar refractivity (Wildman–Crippen MR) is 136 cm³/mol. The van der Waals surface area contributed by atoms with E-state index in [4.69, 9.17) is 14.5 Å². The zero-order valence-electron chi connectivity index (χ0n) is 19.4. The van der Waals surface area contributed by atoms with Gasteiger partial charge < -0.3 is 9.47 Å². The molecule has 5 aromatic rings. The van der Waals surface area contributed by atoms with Crippen LogP contribution in [-0.2, 0) is 14.6 Å². The van der Waals surface area contributed by atoms with Crippen molar-refractivity contribution in [3.8, 4) is 34.1 Å². The number of ether oxygens (including phenoxy) is 2. The molecule has 184 valence electrons. The average molecular weight is 525 g/mol. The number of hydrogen-bond acceptors (Lipinski definition) is 8. The Morgan fingerprint density at radius 3 is 2.53 bits per heavy atom. The van der Waals surface area contributed by atoms with Gasteiger partial charge in [-0.05, 0) is 35.2 Å². The van der Waals surface area contributed by atoms with Gasteiger partial charge in [0, 0.05) is 47.5 Å². The average Bonchev–Trinajstić information content (AvgIpc) is 3.56. The van der Waals surface area contributed by atoms with Crippen LogP contribution in [0.4, 0.5) is 4.39 Å². The minimum absolute atomic E-state index is 0.103. The topological polar surface area (TPSA) is 96.2 Å². The molecule has 0 aliphatic carbocycles. The van der Waals surface area contributed by atoms with E-state index in [1.807, 2.05) is 16.8 Å². The maximum absolute atomic E-state index is 14.8. The number of thiophene rings is 1. The van der Waals surface area contributed by atoms with E-state index < -0.39 is 15.7 Å². The molecule has 3 heterocycles. The van der Waals surface area contributed by atoms with E-state index in [-0.39, 0.29) is 23.2 Å². The largest absolute Gasteiger partial charge is 0.488 e. The summed E-state index contributed by atoms with van der Waals surface area (Å²) < 4.78 is 50.3. The Bertz CT molecular complexity index is 1630. The number of rotatable bonds is 8. The van der Waals surface area contributed by atoms with Crippen LogP contribution >= 0.6 is 11.3 Å². The lowest BCUT2D eigenvalue weighted by Gasteiger charge is -2.11. The molecule has 0 saturated carbocycles. The SMILES string of the molecule is COCCOc1cc2c(-c3ccsc3)nc(-n3cc(-c4ccc(S(C)(=O)=O)cc4)cn3)nc2cc1F. The van der Waals surface area contributed by atoms with Crippen molar-refractivity contribution in [2.24, 2.45) is 0 Å². The van der Waals surface area contributed by atoms with Gasteiger partial charge in [0.05, 0.1) is 28.9 Å². The summed E-state index contributed by atoms with van der Waals surface area (Å²) in [5, 5.41) is 8.94. The lowest BCUT2D eigenvalue weighted by atomic mass is 10.1. The van der Waals surface area contributed by atoms with E-state index >= 15 is 0 Å². The molecule has 0 fully saturated rings. The zero-order chi connectivity index (χ0) is 25.3. The van der Waals surface area contributed by atoms with Crippen LogP contribution in [0.5, 0.6) is 5.75 Å². The Morgan fingerprint density at radius 2 is 1.83 bits per heavy atom. The maximum Gasteiger partial charge on any atom is 0.251 e. The van der Waals surface area contributed by atoms with Crippen molar-refractivity contribution < 1.29 is 22.3 Å². The van der Waals surface area contributed by atoms with Crippen LogP contribution in [0.25, 0.3) is 39.2 Å². The molecule has 0 aliphatic heterocycles. The summed E-state index contributed by atoms with van der Waals surface area (Å²) in [6, 6.07) is 11.4. The number of methoxy groups -OCH3 is 1. The summed E-state index contributed by atoms with van der Waals surface area (Å²) in [6.45, 7) is 0.551. The van der Waals surface area contributed by atoms with Gasteiger partial charge in [-0.15, -0.1) is 0 Å². The third kappa shape index (κ3) is 4.85. The second kappa shape index (κ2) is 9.76. The summed E-state index contributed by atoms with van der Waals surface area (Å²) >= 11 is 1.53. The van der Waals surface area contributed by atoms with Crippen molar-refractivity contribution in [3.63, 3.8) is 0 Å². The first-order valence-corrected chi connectivity index (χ1v) is 13.7. The van der Waals surface area contributed by atoms with E-state index in [0.717, 1.165) is 16.7 Å². The molecule has 0 amide bonds.